The van der Waals surface area contributed by atoms with Gasteiger partial charge in [-0.2, -0.15) is 0 Å². The number of thiophene rings is 1. The first-order valence-electron chi connectivity index (χ1n) is 9.72. The third-order valence-corrected chi connectivity index (χ3v) is 6.59. The van der Waals surface area contributed by atoms with E-state index in [1.165, 1.54) is 20.9 Å². The number of nitrogens with zero attached hydrogens (tertiary/aromatic N) is 3. The van der Waals surface area contributed by atoms with Crippen LogP contribution >= 0.6 is 22.9 Å². The van der Waals surface area contributed by atoms with Gasteiger partial charge in [0.25, 0.3) is 0 Å². The molecule has 0 amide bonds. The quantitative estimate of drug-likeness (QED) is 0.402. The molecule has 0 saturated carbocycles. The minimum Gasteiger partial charge on any atom is -0.293 e. The highest BCUT2D eigenvalue weighted by atomic mass is 35.5. The zero-order valence-electron chi connectivity index (χ0n) is 15.9. The van der Waals surface area contributed by atoms with E-state index >= 15 is 0 Å². The molecule has 3 nitrogen and oxygen atoms in total. The second-order valence-electron chi connectivity index (χ2n) is 7.27. The number of benzene rings is 2. The van der Waals surface area contributed by atoms with Crippen LogP contribution in [0.3, 0.4) is 0 Å². The standard InChI is InChI=1S/C24H20ClN3S/c25-20-8-6-18(7-9-20)24-26-14-19-15-28(13-12-22(19)27-24)16-21-10-11-23(29-21)17-4-2-1-3-5-17/h1-11,14H,12-13,15-16H2. The molecule has 4 aromatic rings. The van der Waals surface area contributed by atoms with Crippen LogP contribution in [0.2, 0.25) is 5.02 Å². The van der Waals surface area contributed by atoms with Gasteiger partial charge in [0.1, 0.15) is 0 Å². The highest BCUT2D eigenvalue weighted by molar-refractivity contribution is 7.15. The fourth-order valence-corrected chi connectivity index (χ4v) is 4.87. The van der Waals surface area contributed by atoms with Gasteiger partial charge in [-0.05, 0) is 42.0 Å². The first-order chi connectivity index (χ1) is 14.2. The molecule has 5 rings (SSSR count). The molecule has 1 aliphatic rings. The topological polar surface area (TPSA) is 29.0 Å². The molecule has 3 heterocycles. The Hall–Kier alpha value is -2.53. The van der Waals surface area contributed by atoms with E-state index < -0.39 is 0 Å². The first kappa shape index (κ1) is 18.5. The van der Waals surface area contributed by atoms with Crippen molar-refractivity contribution in [2.75, 3.05) is 6.54 Å². The van der Waals surface area contributed by atoms with Crippen LogP contribution in [0, 0.1) is 0 Å². The largest absolute Gasteiger partial charge is 0.293 e. The van der Waals surface area contributed by atoms with E-state index in [1.807, 2.05) is 41.8 Å². The molecule has 0 atom stereocenters. The van der Waals surface area contributed by atoms with E-state index in [0.717, 1.165) is 48.2 Å². The Bertz CT molecular complexity index is 1120. The van der Waals surface area contributed by atoms with Crippen molar-refractivity contribution in [2.24, 2.45) is 0 Å². The number of hydrogen-bond acceptors (Lipinski definition) is 4. The number of rotatable bonds is 4. The molecular formula is C24H20ClN3S. The Kier molecular flexibility index (Phi) is 5.15. The average Bonchev–Trinajstić information content (AvgIpc) is 3.23. The molecule has 1 aliphatic heterocycles. The van der Waals surface area contributed by atoms with E-state index in [9.17, 15) is 0 Å². The average molecular weight is 418 g/mol. The molecule has 0 bridgehead atoms. The van der Waals surface area contributed by atoms with Gasteiger partial charge in [0, 0.05) is 58.2 Å². The number of aromatic nitrogens is 2. The molecule has 0 unspecified atom stereocenters. The lowest BCUT2D eigenvalue weighted by molar-refractivity contribution is 0.245. The normalized spacial score (nSPS) is 14.0. The minimum absolute atomic E-state index is 0.728. The van der Waals surface area contributed by atoms with Crippen LogP contribution in [0.1, 0.15) is 16.1 Å². The molecular weight excluding hydrogens is 398 g/mol. The molecule has 29 heavy (non-hydrogen) atoms. The van der Waals surface area contributed by atoms with Crippen LogP contribution in [-0.4, -0.2) is 21.4 Å². The van der Waals surface area contributed by atoms with Gasteiger partial charge in [-0.25, -0.2) is 9.97 Å². The van der Waals surface area contributed by atoms with Crippen molar-refractivity contribution in [3.8, 4) is 21.8 Å². The van der Waals surface area contributed by atoms with Gasteiger partial charge in [0.05, 0.1) is 5.69 Å². The summed E-state index contributed by atoms with van der Waals surface area (Å²) in [5.74, 6) is 0.777. The zero-order valence-corrected chi connectivity index (χ0v) is 17.5. The second kappa shape index (κ2) is 8.07. The Balaban J connectivity index is 1.29. The molecule has 0 aliphatic carbocycles. The van der Waals surface area contributed by atoms with Crippen LogP contribution in [0.4, 0.5) is 0 Å². The molecule has 0 radical (unpaired) electrons. The molecule has 2 aromatic carbocycles. The van der Waals surface area contributed by atoms with E-state index in [2.05, 4.69) is 52.3 Å². The van der Waals surface area contributed by atoms with E-state index in [-0.39, 0.29) is 0 Å². The Morgan fingerprint density at radius 3 is 2.59 bits per heavy atom. The molecule has 5 heteroatoms. The lowest BCUT2D eigenvalue weighted by atomic mass is 10.1. The predicted octanol–water partition coefficient (Wildman–Crippen LogP) is 6.08. The Morgan fingerprint density at radius 1 is 0.931 bits per heavy atom. The SMILES string of the molecule is Clc1ccc(-c2ncc3c(n2)CCN(Cc2ccc(-c4ccccc4)s2)C3)cc1. The van der Waals surface area contributed by atoms with Crippen molar-refractivity contribution in [3.05, 3.63) is 94.1 Å². The van der Waals surface area contributed by atoms with Crippen molar-refractivity contribution >= 4 is 22.9 Å². The van der Waals surface area contributed by atoms with Gasteiger partial charge in [0.2, 0.25) is 0 Å². The van der Waals surface area contributed by atoms with Crippen LogP contribution in [0.15, 0.2) is 72.9 Å². The number of halogens is 1. The number of hydrogen-bond donors (Lipinski definition) is 0. The summed E-state index contributed by atoms with van der Waals surface area (Å²) in [6, 6.07) is 22.8. The molecule has 2 aromatic heterocycles. The van der Waals surface area contributed by atoms with Gasteiger partial charge in [-0.1, -0.05) is 41.9 Å². The Morgan fingerprint density at radius 2 is 1.76 bits per heavy atom. The van der Waals surface area contributed by atoms with Crippen LogP contribution in [0.25, 0.3) is 21.8 Å². The maximum atomic E-state index is 5.99. The highest BCUT2D eigenvalue weighted by Gasteiger charge is 2.19. The van der Waals surface area contributed by atoms with Gasteiger partial charge in [-0.15, -0.1) is 11.3 Å². The third-order valence-electron chi connectivity index (χ3n) is 5.21. The number of fused-ring (bicyclic) bond motifs is 1. The van der Waals surface area contributed by atoms with E-state index in [0.29, 0.717) is 0 Å². The van der Waals surface area contributed by atoms with Crippen LogP contribution in [-0.2, 0) is 19.5 Å². The lowest BCUT2D eigenvalue weighted by Crippen LogP contribution is -2.30. The van der Waals surface area contributed by atoms with Crippen LogP contribution < -0.4 is 0 Å². The smallest absolute Gasteiger partial charge is 0.159 e. The monoisotopic (exact) mass is 417 g/mol. The van der Waals surface area contributed by atoms with Crippen LogP contribution in [0.5, 0.6) is 0 Å². The fourth-order valence-electron chi connectivity index (χ4n) is 3.69. The van der Waals surface area contributed by atoms with Crippen molar-refractivity contribution in [3.63, 3.8) is 0 Å². The summed E-state index contributed by atoms with van der Waals surface area (Å²) in [4.78, 5) is 14.6. The van der Waals surface area contributed by atoms with Crippen molar-refractivity contribution in [2.45, 2.75) is 19.5 Å². The summed E-state index contributed by atoms with van der Waals surface area (Å²) in [7, 11) is 0. The molecule has 0 spiro atoms. The lowest BCUT2D eigenvalue weighted by Gasteiger charge is -2.27. The summed E-state index contributed by atoms with van der Waals surface area (Å²) in [6.45, 7) is 2.88. The molecule has 0 saturated heterocycles. The zero-order chi connectivity index (χ0) is 19.6. The highest BCUT2D eigenvalue weighted by Crippen LogP contribution is 2.30. The van der Waals surface area contributed by atoms with Crippen molar-refractivity contribution < 1.29 is 0 Å². The summed E-state index contributed by atoms with van der Waals surface area (Å²) >= 11 is 7.87. The van der Waals surface area contributed by atoms with Crippen molar-refractivity contribution in [1.29, 1.82) is 0 Å². The molecule has 144 valence electrons. The van der Waals surface area contributed by atoms with Gasteiger partial charge in [0.15, 0.2) is 5.82 Å². The summed E-state index contributed by atoms with van der Waals surface area (Å²) in [5.41, 5.74) is 4.69. The van der Waals surface area contributed by atoms with Gasteiger partial charge < -0.3 is 0 Å². The maximum Gasteiger partial charge on any atom is 0.159 e. The molecule has 0 fully saturated rings. The van der Waals surface area contributed by atoms with Crippen molar-refractivity contribution in [1.82, 2.24) is 14.9 Å². The Labute approximate surface area is 179 Å². The second-order valence-corrected chi connectivity index (χ2v) is 8.87. The van der Waals surface area contributed by atoms with E-state index in [4.69, 9.17) is 16.6 Å². The maximum absolute atomic E-state index is 5.99. The molecule has 0 N–H and O–H groups in total. The van der Waals surface area contributed by atoms with Gasteiger partial charge >= 0.3 is 0 Å². The van der Waals surface area contributed by atoms with Gasteiger partial charge in [-0.3, -0.25) is 4.90 Å². The fraction of sp³-hybridized carbons (Fsp3) is 0.167. The third kappa shape index (κ3) is 4.10. The summed E-state index contributed by atoms with van der Waals surface area (Å²) in [6.07, 6.45) is 2.94. The predicted molar refractivity (Wildman–Crippen MR) is 120 cm³/mol. The summed E-state index contributed by atoms with van der Waals surface area (Å²) < 4.78 is 0. The first-order valence-corrected chi connectivity index (χ1v) is 10.9. The van der Waals surface area contributed by atoms with E-state index in [1.54, 1.807) is 0 Å². The summed E-state index contributed by atoms with van der Waals surface area (Å²) in [5, 5.41) is 0.728. The minimum atomic E-state index is 0.728.